The number of amides is 1. The first-order valence-electron chi connectivity index (χ1n) is 10.4. The summed E-state index contributed by atoms with van der Waals surface area (Å²) in [6, 6.07) is 16.2. The number of benzene rings is 2. The highest BCUT2D eigenvalue weighted by Crippen LogP contribution is 2.28. The van der Waals surface area contributed by atoms with Crippen molar-refractivity contribution >= 4 is 5.91 Å². The molecule has 4 nitrogen and oxygen atoms in total. The molecule has 1 heterocycles. The highest BCUT2D eigenvalue weighted by atomic mass is 16.5. The van der Waals surface area contributed by atoms with Crippen molar-refractivity contribution in [2.24, 2.45) is 0 Å². The number of hydrogen-bond donors (Lipinski definition) is 2. The van der Waals surface area contributed by atoms with Crippen LogP contribution in [0.3, 0.4) is 0 Å². The summed E-state index contributed by atoms with van der Waals surface area (Å²) in [6.45, 7) is 12.0. The minimum atomic E-state index is -0.00395. The van der Waals surface area contributed by atoms with Crippen LogP contribution in [0, 0.1) is 6.92 Å². The predicted molar refractivity (Wildman–Crippen MR) is 118 cm³/mol. The normalized spacial score (nSPS) is 18.4. The number of carbonyl (C=O) groups is 1. The molecule has 0 aromatic heterocycles. The summed E-state index contributed by atoms with van der Waals surface area (Å²) in [4.78, 5) is 12.7. The Morgan fingerprint density at radius 1 is 1.00 bits per heavy atom. The van der Waals surface area contributed by atoms with Crippen molar-refractivity contribution < 1.29 is 9.53 Å². The summed E-state index contributed by atoms with van der Waals surface area (Å²) in [5.74, 6) is -0.00395. The average molecular weight is 395 g/mol. The molecule has 0 aliphatic carbocycles. The Bertz CT molecular complexity index is 824. The molecule has 1 saturated heterocycles. The molecular weight excluding hydrogens is 360 g/mol. The van der Waals surface area contributed by atoms with Gasteiger partial charge in [0.15, 0.2) is 0 Å². The second-order valence-electron chi connectivity index (χ2n) is 9.65. The van der Waals surface area contributed by atoms with E-state index in [2.05, 4.69) is 63.5 Å². The van der Waals surface area contributed by atoms with E-state index in [1.807, 2.05) is 30.3 Å². The van der Waals surface area contributed by atoms with Gasteiger partial charge in [-0.3, -0.25) is 4.79 Å². The Morgan fingerprint density at radius 3 is 2.24 bits per heavy atom. The molecule has 1 aliphatic rings. The van der Waals surface area contributed by atoms with Gasteiger partial charge in [-0.05, 0) is 70.7 Å². The molecule has 29 heavy (non-hydrogen) atoms. The molecule has 0 spiro atoms. The van der Waals surface area contributed by atoms with Crippen LogP contribution in [0.1, 0.15) is 67.6 Å². The molecule has 0 saturated carbocycles. The lowest BCUT2D eigenvalue weighted by atomic mass is 9.79. The zero-order valence-corrected chi connectivity index (χ0v) is 18.3. The Hall–Kier alpha value is -2.17. The van der Waals surface area contributed by atoms with E-state index < -0.39 is 0 Å². The molecule has 1 fully saturated rings. The van der Waals surface area contributed by atoms with Crippen LogP contribution in [-0.4, -0.2) is 23.0 Å². The van der Waals surface area contributed by atoms with Crippen LogP contribution in [0.4, 0.5) is 0 Å². The fourth-order valence-electron chi connectivity index (χ4n) is 4.53. The Labute approximate surface area is 175 Å². The van der Waals surface area contributed by atoms with E-state index in [1.54, 1.807) is 0 Å². The van der Waals surface area contributed by atoms with Gasteiger partial charge >= 0.3 is 0 Å². The number of aryl methyl sites for hydroxylation is 1. The second kappa shape index (κ2) is 8.68. The molecule has 0 bridgehead atoms. The minimum Gasteiger partial charge on any atom is -0.372 e. The van der Waals surface area contributed by atoms with Crippen molar-refractivity contribution in [2.45, 2.75) is 77.8 Å². The first kappa shape index (κ1) is 21.5. The first-order valence-corrected chi connectivity index (χ1v) is 10.4. The molecule has 1 aliphatic heterocycles. The van der Waals surface area contributed by atoms with Gasteiger partial charge in [0.25, 0.3) is 5.91 Å². The van der Waals surface area contributed by atoms with Gasteiger partial charge < -0.3 is 15.4 Å². The largest absolute Gasteiger partial charge is 0.372 e. The lowest BCUT2D eigenvalue weighted by molar-refractivity contribution is 0.0872. The van der Waals surface area contributed by atoms with Gasteiger partial charge in [-0.25, -0.2) is 0 Å². The number of rotatable bonds is 6. The van der Waals surface area contributed by atoms with E-state index in [4.69, 9.17) is 4.74 Å². The highest BCUT2D eigenvalue weighted by Gasteiger charge is 2.38. The first-order chi connectivity index (χ1) is 13.6. The average Bonchev–Trinajstić information content (AvgIpc) is 2.59. The third-order valence-electron chi connectivity index (χ3n) is 5.36. The summed E-state index contributed by atoms with van der Waals surface area (Å²) in [5, 5.41) is 6.88. The Kier molecular flexibility index (Phi) is 6.45. The fourth-order valence-corrected chi connectivity index (χ4v) is 4.53. The number of nitrogens with one attached hydrogen (secondary N) is 2. The number of ether oxygens (including phenoxy) is 1. The number of piperidine rings is 1. The molecule has 0 unspecified atom stereocenters. The van der Waals surface area contributed by atoms with E-state index in [9.17, 15) is 4.79 Å². The van der Waals surface area contributed by atoms with Gasteiger partial charge in [0, 0.05) is 22.7 Å². The van der Waals surface area contributed by atoms with E-state index in [0.29, 0.717) is 18.8 Å². The summed E-state index contributed by atoms with van der Waals surface area (Å²) in [7, 11) is 0. The molecule has 156 valence electrons. The quantitative estimate of drug-likeness (QED) is 0.743. The second-order valence-corrected chi connectivity index (χ2v) is 9.65. The van der Waals surface area contributed by atoms with Crippen LogP contribution in [0.25, 0.3) is 0 Å². The third-order valence-corrected chi connectivity index (χ3v) is 5.36. The maximum absolute atomic E-state index is 12.7. The lowest BCUT2D eigenvalue weighted by Gasteiger charge is -2.46. The van der Waals surface area contributed by atoms with E-state index >= 15 is 0 Å². The molecule has 3 rings (SSSR count). The zero-order valence-electron chi connectivity index (χ0n) is 18.3. The number of carbonyl (C=O) groups excluding carboxylic acids is 1. The van der Waals surface area contributed by atoms with Gasteiger partial charge in [0.1, 0.15) is 0 Å². The van der Waals surface area contributed by atoms with Crippen molar-refractivity contribution in [1.29, 1.82) is 0 Å². The topological polar surface area (TPSA) is 50.4 Å². The molecule has 1 amide bonds. The summed E-state index contributed by atoms with van der Waals surface area (Å²) in [5.41, 5.74) is 4.20. The highest BCUT2D eigenvalue weighted by molar-refractivity contribution is 5.94. The van der Waals surface area contributed by atoms with Crippen LogP contribution in [0.5, 0.6) is 0 Å². The maximum atomic E-state index is 12.7. The van der Waals surface area contributed by atoms with Crippen LogP contribution in [0.15, 0.2) is 48.5 Å². The molecule has 2 N–H and O–H groups in total. The summed E-state index contributed by atoms with van der Waals surface area (Å²) in [6.07, 6.45) is 1.85. The Morgan fingerprint density at radius 2 is 1.62 bits per heavy atom. The van der Waals surface area contributed by atoms with Crippen LogP contribution in [0.2, 0.25) is 0 Å². The van der Waals surface area contributed by atoms with Gasteiger partial charge in [-0.1, -0.05) is 42.0 Å². The van der Waals surface area contributed by atoms with E-state index in [-0.39, 0.29) is 23.0 Å². The van der Waals surface area contributed by atoms with Crippen LogP contribution >= 0.6 is 0 Å². The van der Waals surface area contributed by atoms with Gasteiger partial charge in [0.05, 0.1) is 13.2 Å². The van der Waals surface area contributed by atoms with Crippen molar-refractivity contribution in [3.05, 3.63) is 70.8 Å². The van der Waals surface area contributed by atoms with Gasteiger partial charge in [0.2, 0.25) is 0 Å². The van der Waals surface area contributed by atoms with E-state index in [0.717, 1.165) is 18.4 Å². The third kappa shape index (κ3) is 6.41. The van der Waals surface area contributed by atoms with E-state index in [1.165, 1.54) is 11.1 Å². The molecule has 0 radical (unpaired) electrons. The van der Waals surface area contributed by atoms with Crippen LogP contribution in [-0.2, 0) is 18.0 Å². The number of hydrogen-bond acceptors (Lipinski definition) is 3. The zero-order chi connectivity index (χ0) is 21.1. The summed E-state index contributed by atoms with van der Waals surface area (Å²) >= 11 is 0. The summed E-state index contributed by atoms with van der Waals surface area (Å²) < 4.78 is 5.82. The molecule has 4 heteroatoms. The van der Waals surface area contributed by atoms with Crippen molar-refractivity contribution in [3.63, 3.8) is 0 Å². The van der Waals surface area contributed by atoms with Gasteiger partial charge in [-0.15, -0.1) is 0 Å². The Balaban J connectivity index is 1.52. The maximum Gasteiger partial charge on any atom is 0.251 e. The SMILES string of the molecule is Cc1cccc(COCc2ccc(C(=O)NC3CC(C)(C)NC(C)(C)C3)cc2)c1. The van der Waals surface area contributed by atoms with Crippen molar-refractivity contribution in [2.75, 3.05) is 0 Å². The fraction of sp³-hybridized carbons (Fsp3) is 0.480. The standard InChI is InChI=1S/C25H34N2O2/c1-18-7-6-8-20(13-18)17-29-16-19-9-11-21(12-10-19)23(28)26-22-14-24(2,3)27-25(4,5)15-22/h6-13,22,27H,14-17H2,1-5H3,(H,26,28). The molecule has 2 aromatic carbocycles. The van der Waals surface area contributed by atoms with Crippen molar-refractivity contribution in [3.8, 4) is 0 Å². The lowest BCUT2D eigenvalue weighted by Crippen LogP contribution is -2.62. The predicted octanol–water partition coefficient (Wildman–Crippen LogP) is 4.75. The smallest absolute Gasteiger partial charge is 0.251 e. The monoisotopic (exact) mass is 394 g/mol. The molecule has 2 aromatic rings. The minimum absolute atomic E-state index is 0.00395. The molecular formula is C25H34N2O2. The van der Waals surface area contributed by atoms with Crippen LogP contribution < -0.4 is 10.6 Å². The van der Waals surface area contributed by atoms with Gasteiger partial charge in [-0.2, -0.15) is 0 Å². The molecule has 0 atom stereocenters. The van der Waals surface area contributed by atoms with Crippen molar-refractivity contribution in [1.82, 2.24) is 10.6 Å².